The molecule has 194 valence electrons. The molecule has 0 bridgehead atoms. The normalized spacial score (nSPS) is 17.0. The number of fused-ring (bicyclic) bond motifs is 1. The van der Waals surface area contributed by atoms with Crippen LogP contribution in [0.15, 0.2) is 66.7 Å². The molecule has 0 heterocycles. The predicted molar refractivity (Wildman–Crippen MR) is 134 cm³/mol. The fourth-order valence-electron chi connectivity index (χ4n) is 4.47. The largest absolute Gasteiger partial charge is 0.466 e. The molecule has 0 saturated carbocycles. The molecule has 3 aromatic rings. The van der Waals surface area contributed by atoms with Gasteiger partial charge < -0.3 is 20.5 Å². The van der Waals surface area contributed by atoms with E-state index in [1.165, 1.54) is 12.1 Å². The first-order chi connectivity index (χ1) is 17.5. The Hall–Kier alpha value is -3.85. The van der Waals surface area contributed by atoms with Crippen molar-refractivity contribution < 1.29 is 32.6 Å². The van der Waals surface area contributed by atoms with Crippen molar-refractivity contribution in [3.63, 3.8) is 0 Å². The summed E-state index contributed by atoms with van der Waals surface area (Å²) in [5, 5.41) is 15.9. The number of amides is 2. The third kappa shape index (κ3) is 6.68. The molecular weight excluding hydrogens is 485 g/mol. The van der Waals surface area contributed by atoms with Gasteiger partial charge in [0.05, 0.1) is 24.2 Å². The minimum atomic E-state index is -4.50. The van der Waals surface area contributed by atoms with Crippen LogP contribution in [-0.2, 0) is 28.5 Å². The number of esters is 1. The van der Waals surface area contributed by atoms with Crippen LogP contribution in [0.5, 0.6) is 0 Å². The van der Waals surface area contributed by atoms with Gasteiger partial charge in [0.1, 0.15) is 0 Å². The molecule has 2 amide bonds. The highest BCUT2D eigenvalue weighted by molar-refractivity contribution is 5.99. The summed E-state index contributed by atoms with van der Waals surface area (Å²) in [4.78, 5) is 24.1. The van der Waals surface area contributed by atoms with Crippen LogP contribution in [-0.4, -0.2) is 29.3 Å². The van der Waals surface area contributed by atoms with Crippen molar-refractivity contribution in [1.29, 1.82) is 0 Å². The van der Waals surface area contributed by atoms with Crippen molar-refractivity contribution in [2.75, 3.05) is 17.2 Å². The van der Waals surface area contributed by atoms with Crippen molar-refractivity contribution in [2.24, 2.45) is 0 Å². The number of alkyl halides is 3. The maximum atomic E-state index is 12.9. The zero-order valence-corrected chi connectivity index (χ0v) is 20.2. The van der Waals surface area contributed by atoms with Crippen LogP contribution in [0.4, 0.5) is 29.3 Å². The number of aliphatic hydroxyl groups is 1. The smallest absolute Gasteiger partial charge is 0.416 e. The van der Waals surface area contributed by atoms with E-state index in [9.17, 15) is 27.9 Å². The number of aryl methyl sites for hydroxylation is 1. The minimum Gasteiger partial charge on any atom is -0.466 e. The number of benzene rings is 3. The van der Waals surface area contributed by atoms with E-state index in [1.54, 1.807) is 19.1 Å². The average molecular weight is 513 g/mol. The van der Waals surface area contributed by atoms with E-state index in [1.807, 2.05) is 24.3 Å². The number of ether oxygens (including phenoxy) is 1. The molecule has 0 radical (unpaired) electrons. The molecule has 0 fully saturated rings. The van der Waals surface area contributed by atoms with Gasteiger partial charge in [-0.3, -0.25) is 4.79 Å². The molecular formula is C28H27F3N2O4. The highest BCUT2D eigenvalue weighted by Crippen LogP contribution is 2.34. The van der Waals surface area contributed by atoms with Crippen molar-refractivity contribution in [1.82, 2.24) is 0 Å². The summed E-state index contributed by atoms with van der Waals surface area (Å²) >= 11 is 0. The lowest BCUT2D eigenvalue weighted by Crippen LogP contribution is -2.38. The van der Waals surface area contributed by atoms with Gasteiger partial charge in [-0.2, -0.15) is 13.2 Å². The number of halogens is 3. The third-order valence-electron chi connectivity index (χ3n) is 6.29. The molecule has 6 nitrogen and oxygen atoms in total. The van der Waals surface area contributed by atoms with Crippen molar-refractivity contribution in [3.8, 4) is 11.1 Å². The predicted octanol–water partition coefficient (Wildman–Crippen LogP) is 6.19. The summed E-state index contributed by atoms with van der Waals surface area (Å²) in [6, 6.07) is 16.8. The maximum absolute atomic E-state index is 12.9. The summed E-state index contributed by atoms with van der Waals surface area (Å²) in [5.74, 6) is -0.401. The van der Waals surface area contributed by atoms with Crippen LogP contribution in [0.1, 0.15) is 36.5 Å². The number of hydrogen-bond acceptors (Lipinski definition) is 4. The van der Waals surface area contributed by atoms with Gasteiger partial charge >= 0.3 is 18.2 Å². The van der Waals surface area contributed by atoms with E-state index in [0.717, 1.165) is 34.4 Å². The van der Waals surface area contributed by atoms with E-state index in [4.69, 9.17) is 4.74 Å². The summed E-state index contributed by atoms with van der Waals surface area (Å²) in [5.41, 5.74) is 2.54. The van der Waals surface area contributed by atoms with Crippen molar-refractivity contribution >= 4 is 23.4 Å². The van der Waals surface area contributed by atoms with Crippen molar-refractivity contribution in [3.05, 3.63) is 83.4 Å². The van der Waals surface area contributed by atoms with Crippen LogP contribution in [0.25, 0.3) is 11.1 Å². The summed E-state index contributed by atoms with van der Waals surface area (Å²) in [6.45, 7) is 2.02. The maximum Gasteiger partial charge on any atom is 0.416 e. The monoisotopic (exact) mass is 512 g/mol. The number of nitrogens with one attached hydrogen (secondary N) is 2. The number of urea groups is 1. The van der Waals surface area contributed by atoms with Gasteiger partial charge in [-0.25, -0.2) is 4.79 Å². The Morgan fingerprint density at radius 2 is 1.65 bits per heavy atom. The quantitative estimate of drug-likeness (QED) is 0.344. The van der Waals surface area contributed by atoms with E-state index in [2.05, 4.69) is 16.7 Å². The summed E-state index contributed by atoms with van der Waals surface area (Å²) in [7, 11) is 0. The Balaban J connectivity index is 1.39. The second-order valence-corrected chi connectivity index (χ2v) is 9.10. The van der Waals surface area contributed by atoms with E-state index < -0.39 is 29.3 Å². The van der Waals surface area contributed by atoms with Crippen LogP contribution < -0.4 is 10.6 Å². The van der Waals surface area contributed by atoms with Gasteiger partial charge in [-0.15, -0.1) is 0 Å². The lowest BCUT2D eigenvalue weighted by molar-refractivity contribution is -0.149. The molecule has 1 aliphatic rings. The molecule has 1 unspecified atom stereocenters. The second-order valence-electron chi connectivity index (χ2n) is 9.10. The Morgan fingerprint density at radius 3 is 2.35 bits per heavy atom. The van der Waals surface area contributed by atoms with Gasteiger partial charge in [0, 0.05) is 17.8 Å². The van der Waals surface area contributed by atoms with Gasteiger partial charge in [-0.1, -0.05) is 36.4 Å². The first-order valence-electron chi connectivity index (χ1n) is 11.9. The fraction of sp³-hybridized carbons (Fsp3) is 0.286. The van der Waals surface area contributed by atoms with Crippen molar-refractivity contribution in [2.45, 2.75) is 44.4 Å². The van der Waals surface area contributed by atoms with Gasteiger partial charge in [0.2, 0.25) is 0 Å². The zero-order chi connectivity index (χ0) is 26.6. The van der Waals surface area contributed by atoms with Gasteiger partial charge in [0.25, 0.3) is 0 Å². The Kier molecular flexibility index (Phi) is 7.54. The Labute approximate surface area is 212 Å². The number of anilines is 2. The Bertz CT molecular complexity index is 1290. The van der Waals surface area contributed by atoms with Crippen LogP contribution in [0, 0.1) is 0 Å². The number of hydrogen-bond donors (Lipinski definition) is 3. The molecule has 9 heteroatoms. The SMILES string of the molecule is CCOC(=O)CC1(O)CCc2cc(-c3ccc(NC(=O)Nc4cccc(C(F)(F)F)c4)cc3)ccc2C1. The number of carbonyl (C=O) groups is 2. The number of rotatable bonds is 6. The highest BCUT2D eigenvalue weighted by atomic mass is 19.4. The molecule has 0 aliphatic heterocycles. The molecule has 4 rings (SSSR count). The van der Waals surface area contributed by atoms with E-state index in [0.29, 0.717) is 24.9 Å². The second kappa shape index (κ2) is 10.6. The topological polar surface area (TPSA) is 87.7 Å². The minimum absolute atomic E-state index is 0.0299. The Morgan fingerprint density at radius 1 is 0.946 bits per heavy atom. The van der Waals surface area contributed by atoms with E-state index in [-0.39, 0.29) is 18.7 Å². The molecule has 37 heavy (non-hydrogen) atoms. The summed E-state index contributed by atoms with van der Waals surface area (Å²) in [6.07, 6.45) is -3.05. The lowest BCUT2D eigenvalue weighted by atomic mass is 9.78. The molecule has 0 aromatic heterocycles. The first kappa shape index (κ1) is 26.2. The standard InChI is InChI=1S/C28H27F3N2O4/c1-2-37-25(34)17-27(36)13-12-20-14-19(6-7-21(20)16-27)18-8-10-23(11-9-18)32-26(35)33-24-5-3-4-22(15-24)28(29,30)31/h3-11,14-15,36H,2,12-13,16-17H2,1H3,(H2,32,33,35). The average Bonchev–Trinajstić information content (AvgIpc) is 2.84. The third-order valence-corrected chi connectivity index (χ3v) is 6.29. The van der Waals surface area contributed by atoms with Gasteiger partial charge in [0.15, 0.2) is 0 Å². The molecule has 3 aromatic carbocycles. The van der Waals surface area contributed by atoms with Crippen LogP contribution in [0.3, 0.4) is 0 Å². The lowest BCUT2D eigenvalue weighted by Gasteiger charge is -2.33. The molecule has 0 saturated heterocycles. The fourth-order valence-corrected chi connectivity index (χ4v) is 4.47. The zero-order valence-electron chi connectivity index (χ0n) is 20.2. The molecule has 3 N–H and O–H groups in total. The molecule has 0 spiro atoms. The summed E-state index contributed by atoms with van der Waals surface area (Å²) < 4.78 is 43.6. The number of carbonyl (C=O) groups excluding carboxylic acids is 2. The first-order valence-corrected chi connectivity index (χ1v) is 11.9. The van der Waals surface area contributed by atoms with E-state index >= 15 is 0 Å². The molecule has 1 aliphatic carbocycles. The van der Waals surface area contributed by atoms with Crippen LogP contribution >= 0.6 is 0 Å². The van der Waals surface area contributed by atoms with Crippen LogP contribution in [0.2, 0.25) is 0 Å². The van der Waals surface area contributed by atoms with Gasteiger partial charge in [-0.05, 0) is 72.4 Å². The molecule has 1 atom stereocenters. The highest BCUT2D eigenvalue weighted by Gasteiger charge is 2.35.